The fourth-order valence-corrected chi connectivity index (χ4v) is 2.49. The van der Waals surface area contributed by atoms with Gasteiger partial charge in [0, 0.05) is 6.54 Å². The summed E-state index contributed by atoms with van der Waals surface area (Å²) in [4.78, 5) is 13.7. The van der Waals surface area contributed by atoms with Crippen molar-refractivity contribution in [3.05, 3.63) is 30.1 Å². The lowest BCUT2D eigenvalue weighted by atomic mass is 10.2. The van der Waals surface area contributed by atoms with Gasteiger partial charge in [-0.2, -0.15) is 0 Å². The molecule has 5 heteroatoms. The first kappa shape index (κ1) is 14.8. The molecule has 0 bridgehead atoms. The van der Waals surface area contributed by atoms with E-state index < -0.39 is 0 Å². The molecule has 0 N–H and O–H groups in total. The van der Waals surface area contributed by atoms with Gasteiger partial charge < -0.3 is 9.47 Å². The Morgan fingerprint density at radius 1 is 1.40 bits per heavy atom. The van der Waals surface area contributed by atoms with Crippen molar-refractivity contribution in [2.75, 3.05) is 26.8 Å². The second-order valence-electron chi connectivity index (χ2n) is 4.87. The van der Waals surface area contributed by atoms with Crippen molar-refractivity contribution >= 4 is 5.97 Å². The van der Waals surface area contributed by atoms with Crippen LogP contribution in [-0.4, -0.2) is 43.7 Å². The predicted molar refractivity (Wildman–Crippen MR) is 73.1 cm³/mol. The number of methoxy groups -OCH3 is 1. The summed E-state index contributed by atoms with van der Waals surface area (Å²) in [5.41, 5.74) is 0. The minimum Gasteiger partial charge on any atom is -0.494 e. The molecular formula is C15H20FNO3. The Kier molecular flexibility index (Phi) is 5.35. The van der Waals surface area contributed by atoms with Crippen LogP contribution >= 0.6 is 0 Å². The zero-order valence-corrected chi connectivity index (χ0v) is 11.7. The molecule has 1 fully saturated rings. The third-order valence-electron chi connectivity index (χ3n) is 3.51. The number of rotatable bonds is 6. The zero-order valence-electron chi connectivity index (χ0n) is 11.7. The van der Waals surface area contributed by atoms with Gasteiger partial charge in [0.2, 0.25) is 0 Å². The molecule has 0 aromatic heterocycles. The summed E-state index contributed by atoms with van der Waals surface area (Å²) >= 11 is 0. The van der Waals surface area contributed by atoms with Crippen LogP contribution in [0.15, 0.2) is 24.3 Å². The van der Waals surface area contributed by atoms with Crippen LogP contribution < -0.4 is 4.74 Å². The number of hydrogen-bond donors (Lipinski definition) is 0. The number of halogens is 1. The van der Waals surface area contributed by atoms with Gasteiger partial charge in [-0.05, 0) is 50.1 Å². The van der Waals surface area contributed by atoms with Crippen LogP contribution in [0.1, 0.15) is 19.3 Å². The summed E-state index contributed by atoms with van der Waals surface area (Å²) < 4.78 is 23.1. The van der Waals surface area contributed by atoms with E-state index in [2.05, 4.69) is 4.90 Å². The average Bonchev–Trinajstić information content (AvgIpc) is 2.93. The van der Waals surface area contributed by atoms with Gasteiger partial charge in [-0.1, -0.05) is 0 Å². The van der Waals surface area contributed by atoms with Crippen molar-refractivity contribution in [3.8, 4) is 5.75 Å². The number of benzene rings is 1. The quantitative estimate of drug-likeness (QED) is 0.592. The molecule has 1 aromatic carbocycles. The van der Waals surface area contributed by atoms with Gasteiger partial charge in [-0.25, -0.2) is 4.39 Å². The summed E-state index contributed by atoms with van der Waals surface area (Å²) in [6.07, 6.45) is 2.72. The highest BCUT2D eigenvalue weighted by Gasteiger charge is 2.30. The molecule has 1 aliphatic heterocycles. The highest BCUT2D eigenvalue weighted by atomic mass is 19.1. The molecular weight excluding hydrogens is 261 g/mol. The van der Waals surface area contributed by atoms with E-state index in [9.17, 15) is 9.18 Å². The van der Waals surface area contributed by atoms with E-state index in [0.717, 1.165) is 32.4 Å². The van der Waals surface area contributed by atoms with Crippen LogP contribution in [0.2, 0.25) is 0 Å². The second-order valence-corrected chi connectivity index (χ2v) is 4.87. The summed E-state index contributed by atoms with van der Waals surface area (Å²) in [7, 11) is 1.43. The minimum absolute atomic E-state index is 0.106. The molecule has 20 heavy (non-hydrogen) atoms. The van der Waals surface area contributed by atoms with Crippen molar-refractivity contribution in [1.29, 1.82) is 0 Å². The Balaban J connectivity index is 1.70. The third-order valence-corrected chi connectivity index (χ3v) is 3.51. The molecule has 0 aliphatic carbocycles. The lowest BCUT2D eigenvalue weighted by Gasteiger charge is -2.22. The third kappa shape index (κ3) is 3.93. The molecule has 1 heterocycles. The molecule has 0 amide bonds. The van der Waals surface area contributed by atoms with E-state index in [0.29, 0.717) is 12.4 Å². The zero-order chi connectivity index (χ0) is 14.4. The molecule has 2 rings (SSSR count). The van der Waals surface area contributed by atoms with Gasteiger partial charge in [-0.15, -0.1) is 0 Å². The molecule has 1 aliphatic rings. The lowest BCUT2D eigenvalue weighted by molar-refractivity contribution is -0.145. The second kappa shape index (κ2) is 7.24. The summed E-state index contributed by atoms with van der Waals surface area (Å²) in [5.74, 6) is 0.245. The molecule has 1 atom stereocenters. The first-order chi connectivity index (χ1) is 9.70. The van der Waals surface area contributed by atoms with E-state index in [1.807, 2.05) is 0 Å². The van der Waals surface area contributed by atoms with Crippen molar-refractivity contribution in [1.82, 2.24) is 4.90 Å². The Morgan fingerprint density at radius 2 is 2.15 bits per heavy atom. The van der Waals surface area contributed by atoms with Crippen LogP contribution in [0, 0.1) is 5.82 Å². The molecule has 0 saturated carbocycles. The number of esters is 1. The topological polar surface area (TPSA) is 38.8 Å². The molecule has 4 nitrogen and oxygen atoms in total. The number of likely N-dealkylation sites (tertiary alicyclic amines) is 1. The van der Waals surface area contributed by atoms with Crippen LogP contribution in [0.3, 0.4) is 0 Å². The van der Waals surface area contributed by atoms with Crippen LogP contribution in [-0.2, 0) is 9.53 Å². The van der Waals surface area contributed by atoms with Gasteiger partial charge in [0.1, 0.15) is 17.6 Å². The molecule has 0 radical (unpaired) electrons. The van der Waals surface area contributed by atoms with E-state index in [1.165, 1.54) is 19.2 Å². The van der Waals surface area contributed by atoms with Gasteiger partial charge >= 0.3 is 5.97 Å². The Hall–Kier alpha value is -1.62. The summed E-state index contributed by atoms with van der Waals surface area (Å²) in [5, 5.41) is 0. The highest BCUT2D eigenvalue weighted by molar-refractivity contribution is 5.75. The van der Waals surface area contributed by atoms with Gasteiger partial charge in [0.15, 0.2) is 0 Å². The molecule has 110 valence electrons. The SMILES string of the molecule is COC(=O)C1CCCN1CCCOc1ccc(F)cc1. The van der Waals surface area contributed by atoms with Crippen molar-refractivity contribution in [2.24, 2.45) is 0 Å². The summed E-state index contributed by atoms with van der Waals surface area (Å²) in [6, 6.07) is 5.88. The van der Waals surface area contributed by atoms with Crippen LogP contribution in [0.4, 0.5) is 4.39 Å². The number of nitrogens with zero attached hydrogens (tertiary/aromatic N) is 1. The summed E-state index contributed by atoms with van der Waals surface area (Å²) in [6.45, 7) is 2.29. The fourth-order valence-electron chi connectivity index (χ4n) is 2.49. The van der Waals surface area contributed by atoms with Crippen LogP contribution in [0.25, 0.3) is 0 Å². The number of carbonyl (C=O) groups is 1. The van der Waals surface area contributed by atoms with E-state index in [-0.39, 0.29) is 17.8 Å². The van der Waals surface area contributed by atoms with Gasteiger partial charge in [0.25, 0.3) is 0 Å². The first-order valence-corrected chi connectivity index (χ1v) is 6.91. The Labute approximate surface area is 118 Å². The fraction of sp³-hybridized carbons (Fsp3) is 0.533. The van der Waals surface area contributed by atoms with Crippen molar-refractivity contribution < 1.29 is 18.7 Å². The normalized spacial score (nSPS) is 19.0. The standard InChI is InChI=1S/C15H20FNO3/c1-19-15(18)14-4-2-9-17(14)10-3-11-20-13-7-5-12(16)6-8-13/h5-8,14H,2-4,9-11H2,1H3. The van der Waals surface area contributed by atoms with Crippen molar-refractivity contribution in [2.45, 2.75) is 25.3 Å². The highest BCUT2D eigenvalue weighted by Crippen LogP contribution is 2.18. The Morgan fingerprint density at radius 3 is 2.85 bits per heavy atom. The maximum atomic E-state index is 12.7. The largest absolute Gasteiger partial charge is 0.494 e. The van der Waals surface area contributed by atoms with E-state index >= 15 is 0 Å². The predicted octanol–water partition coefficient (Wildman–Crippen LogP) is 2.23. The maximum Gasteiger partial charge on any atom is 0.323 e. The number of carbonyl (C=O) groups excluding carboxylic acids is 1. The number of ether oxygens (including phenoxy) is 2. The van der Waals surface area contributed by atoms with Crippen molar-refractivity contribution in [3.63, 3.8) is 0 Å². The van der Waals surface area contributed by atoms with Gasteiger partial charge in [-0.3, -0.25) is 9.69 Å². The smallest absolute Gasteiger partial charge is 0.323 e. The molecule has 1 aromatic rings. The van der Waals surface area contributed by atoms with E-state index in [1.54, 1.807) is 12.1 Å². The maximum absolute atomic E-state index is 12.7. The lowest BCUT2D eigenvalue weighted by Crippen LogP contribution is -2.37. The monoisotopic (exact) mass is 281 g/mol. The molecule has 1 saturated heterocycles. The first-order valence-electron chi connectivity index (χ1n) is 6.91. The van der Waals surface area contributed by atoms with E-state index in [4.69, 9.17) is 9.47 Å². The average molecular weight is 281 g/mol. The number of hydrogen-bond acceptors (Lipinski definition) is 4. The Bertz CT molecular complexity index is 435. The minimum atomic E-state index is -0.268. The molecule has 0 spiro atoms. The van der Waals surface area contributed by atoms with Gasteiger partial charge in [0.05, 0.1) is 13.7 Å². The van der Waals surface area contributed by atoms with Crippen LogP contribution in [0.5, 0.6) is 5.75 Å². The molecule has 1 unspecified atom stereocenters.